The number of likely N-dealkylation sites (N-methyl/N-ethyl adjacent to an activating group) is 1. The van der Waals surface area contributed by atoms with Gasteiger partial charge in [-0.05, 0) is 25.1 Å². The Hall–Kier alpha value is -1.95. The van der Waals surface area contributed by atoms with E-state index in [4.69, 9.17) is 0 Å². The second kappa shape index (κ2) is 4.50. The third-order valence-electron chi connectivity index (χ3n) is 2.45. The molecule has 90 valence electrons. The molecule has 0 fully saturated rings. The van der Waals surface area contributed by atoms with E-state index in [9.17, 15) is 9.90 Å². The quantitative estimate of drug-likeness (QED) is 0.806. The third-order valence-corrected chi connectivity index (χ3v) is 2.45. The zero-order chi connectivity index (χ0) is 12.4. The van der Waals surface area contributed by atoms with Crippen LogP contribution in [0.15, 0.2) is 18.2 Å². The largest absolute Gasteiger partial charge is 0.392 e. The van der Waals surface area contributed by atoms with Crippen LogP contribution in [-0.4, -0.2) is 51.0 Å². The molecule has 0 bridgehead atoms. The van der Waals surface area contributed by atoms with Gasteiger partial charge in [-0.3, -0.25) is 4.79 Å². The second-order valence-corrected chi connectivity index (χ2v) is 4.06. The van der Waals surface area contributed by atoms with Crippen LogP contribution in [0.25, 0.3) is 11.0 Å². The molecule has 1 aromatic heterocycles. The lowest BCUT2D eigenvalue weighted by molar-refractivity contribution is 0.0704. The Kier molecular flexibility index (Phi) is 3.06. The number of carbonyl (C=O) groups is 1. The fourth-order valence-corrected chi connectivity index (χ4v) is 1.67. The summed E-state index contributed by atoms with van der Waals surface area (Å²) >= 11 is 0. The summed E-state index contributed by atoms with van der Waals surface area (Å²) in [6, 6.07) is 5.12. The van der Waals surface area contributed by atoms with Crippen LogP contribution in [0.4, 0.5) is 0 Å². The number of carbonyl (C=O) groups excluding carboxylic acids is 1. The number of H-pyrrole nitrogens is 1. The predicted octanol–water partition coefficient (Wildman–Crippen LogP) is 0.411. The summed E-state index contributed by atoms with van der Waals surface area (Å²) in [5.41, 5.74) is 1.91. The van der Waals surface area contributed by atoms with Crippen LogP contribution in [0.3, 0.4) is 0 Å². The molecule has 0 radical (unpaired) electrons. The van der Waals surface area contributed by atoms with E-state index in [0.717, 1.165) is 5.52 Å². The zero-order valence-electron chi connectivity index (χ0n) is 9.71. The smallest absolute Gasteiger partial charge is 0.253 e. The monoisotopic (exact) mass is 234 g/mol. The molecule has 1 heterocycles. The van der Waals surface area contributed by atoms with Crippen LogP contribution in [0.2, 0.25) is 0 Å². The topological polar surface area (TPSA) is 82.1 Å². The van der Waals surface area contributed by atoms with E-state index in [2.05, 4.69) is 15.4 Å². The van der Waals surface area contributed by atoms with Crippen LogP contribution in [0, 0.1) is 0 Å². The first-order valence-corrected chi connectivity index (χ1v) is 5.32. The van der Waals surface area contributed by atoms with Gasteiger partial charge in [0.1, 0.15) is 11.0 Å². The van der Waals surface area contributed by atoms with Gasteiger partial charge in [0.25, 0.3) is 5.91 Å². The number of aliphatic hydroxyl groups is 1. The van der Waals surface area contributed by atoms with Crippen molar-refractivity contribution in [3.63, 3.8) is 0 Å². The molecule has 0 saturated carbocycles. The molecule has 1 atom stereocenters. The van der Waals surface area contributed by atoms with Crippen molar-refractivity contribution in [2.75, 3.05) is 13.6 Å². The van der Waals surface area contributed by atoms with Gasteiger partial charge < -0.3 is 10.0 Å². The van der Waals surface area contributed by atoms with E-state index >= 15 is 0 Å². The standard InChI is InChI=1S/C11H14N4O2/c1-7(16)6-15(2)11(17)8-3-4-9-10(5-8)13-14-12-9/h3-5,7,16H,6H2,1-2H3,(H,12,13,14). The Bertz CT molecular complexity index is 535. The van der Waals surface area contributed by atoms with E-state index < -0.39 is 6.10 Å². The number of nitrogens with one attached hydrogen (secondary N) is 1. The lowest BCUT2D eigenvalue weighted by atomic mass is 10.1. The number of benzene rings is 1. The number of aromatic amines is 1. The molecule has 0 aliphatic heterocycles. The Morgan fingerprint density at radius 1 is 1.47 bits per heavy atom. The fraction of sp³-hybridized carbons (Fsp3) is 0.364. The fourth-order valence-electron chi connectivity index (χ4n) is 1.67. The van der Waals surface area contributed by atoms with Crippen molar-refractivity contribution in [1.82, 2.24) is 20.3 Å². The van der Waals surface area contributed by atoms with Gasteiger partial charge in [-0.2, -0.15) is 15.4 Å². The average Bonchev–Trinajstić information content (AvgIpc) is 2.73. The molecule has 1 unspecified atom stereocenters. The maximum absolute atomic E-state index is 12.0. The summed E-state index contributed by atoms with van der Waals surface area (Å²) < 4.78 is 0. The van der Waals surface area contributed by atoms with Gasteiger partial charge >= 0.3 is 0 Å². The Morgan fingerprint density at radius 2 is 2.18 bits per heavy atom. The number of aromatic nitrogens is 3. The maximum Gasteiger partial charge on any atom is 0.253 e. The van der Waals surface area contributed by atoms with Crippen molar-refractivity contribution in [2.45, 2.75) is 13.0 Å². The van der Waals surface area contributed by atoms with Gasteiger partial charge in [-0.25, -0.2) is 0 Å². The first kappa shape index (κ1) is 11.5. The number of rotatable bonds is 3. The molecule has 6 nitrogen and oxygen atoms in total. The number of aliphatic hydroxyl groups excluding tert-OH is 1. The highest BCUT2D eigenvalue weighted by Gasteiger charge is 2.14. The third kappa shape index (κ3) is 2.42. The van der Waals surface area contributed by atoms with E-state index in [1.807, 2.05) is 0 Å². The van der Waals surface area contributed by atoms with E-state index in [1.165, 1.54) is 4.90 Å². The number of amides is 1. The van der Waals surface area contributed by atoms with Crippen molar-refractivity contribution in [2.24, 2.45) is 0 Å². The average molecular weight is 234 g/mol. The molecule has 2 aromatic rings. The van der Waals surface area contributed by atoms with Crippen molar-refractivity contribution in [3.05, 3.63) is 23.8 Å². The Balaban J connectivity index is 2.23. The van der Waals surface area contributed by atoms with Crippen LogP contribution >= 0.6 is 0 Å². The highest BCUT2D eigenvalue weighted by Crippen LogP contribution is 2.12. The number of hydrogen-bond donors (Lipinski definition) is 2. The Labute approximate surface area is 98.2 Å². The minimum Gasteiger partial charge on any atom is -0.392 e. The van der Waals surface area contributed by atoms with Gasteiger partial charge in [-0.15, -0.1) is 0 Å². The molecule has 2 rings (SSSR count). The summed E-state index contributed by atoms with van der Waals surface area (Å²) in [4.78, 5) is 13.5. The highest BCUT2D eigenvalue weighted by molar-refractivity contribution is 5.97. The summed E-state index contributed by atoms with van der Waals surface area (Å²) in [6.45, 7) is 1.94. The molecule has 6 heteroatoms. The van der Waals surface area contributed by atoms with Crippen molar-refractivity contribution in [1.29, 1.82) is 0 Å². The van der Waals surface area contributed by atoms with E-state index in [0.29, 0.717) is 17.6 Å². The van der Waals surface area contributed by atoms with Gasteiger partial charge in [0.05, 0.1) is 6.10 Å². The van der Waals surface area contributed by atoms with E-state index in [1.54, 1.807) is 32.2 Å². The van der Waals surface area contributed by atoms with Crippen LogP contribution in [-0.2, 0) is 0 Å². The lowest BCUT2D eigenvalue weighted by Gasteiger charge is -2.18. The molecule has 1 aromatic carbocycles. The Morgan fingerprint density at radius 3 is 2.88 bits per heavy atom. The van der Waals surface area contributed by atoms with Crippen LogP contribution in [0.1, 0.15) is 17.3 Å². The highest BCUT2D eigenvalue weighted by atomic mass is 16.3. The molecule has 1 amide bonds. The van der Waals surface area contributed by atoms with Gasteiger partial charge in [-0.1, -0.05) is 0 Å². The molecular weight excluding hydrogens is 220 g/mol. The van der Waals surface area contributed by atoms with E-state index in [-0.39, 0.29) is 5.91 Å². The molecule has 0 spiro atoms. The molecular formula is C11H14N4O2. The molecule has 17 heavy (non-hydrogen) atoms. The number of hydrogen-bond acceptors (Lipinski definition) is 4. The maximum atomic E-state index is 12.0. The number of nitrogens with zero attached hydrogens (tertiary/aromatic N) is 3. The van der Waals surface area contributed by atoms with Crippen molar-refractivity contribution < 1.29 is 9.90 Å². The predicted molar refractivity (Wildman–Crippen MR) is 62.5 cm³/mol. The minimum atomic E-state index is -0.542. The molecule has 0 aliphatic rings. The summed E-state index contributed by atoms with van der Waals surface area (Å²) in [6.07, 6.45) is -0.542. The molecule has 2 N–H and O–H groups in total. The minimum absolute atomic E-state index is 0.143. The van der Waals surface area contributed by atoms with Crippen molar-refractivity contribution >= 4 is 16.9 Å². The first-order chi connectivity index (χ1) is 8.08. The molecule has 0 saturated heterocycles. The number of fused-ring (bicyclic) bond motifs is 1. The zero-order valence-corrected chi connectivity index (χ0v) is 9.71. The first-order valence-electron chi connectivity index (χ1n) is 5.32. The van der Waals surface area contributed by atoms with Crippen molar-refractivity contribution in [3.8, 4) is 0 Å². The molecule has 0 aliphatic carbocycles. The lowest BCUT2D eigenvalue weighted by Crippen LogP contribution is -2.32. The summed E-state index contributed by atoms with van der Waals surface area (Å²) in [5.74, 6) is -0.143. The summed E-state index contributed by atoms with van der Waals surface area (Å²) in [5, 5.41) is 19.6. The van der Waals surface area contributed by atoms with Gasteiger partial charge in [0, 0.05) is 19.2 Å². The van der Waals surface area contributed by atoms with Gasteiger partial charge in [0.15, 0.2) is 0 Å². The normalized spacial score (nSPS) is 12.6. The van der Waals surface area contributed by atoms with Crippen LogP contribution in [0.5, 0.6) is 0 Å². The van der Waals surface area contributed by atoms with Crippen LogP contribution < -0.4 is 0 Å². The summed E-state index contributed by atoms with van der Waals surface area (Å²) in [7, 11) is 1.65. The van der Waals surface area contributed by atoms with Gasteiger partial charge in [0.2, 0.25) is 0 Å². The SMILES string of the molecule is CC(O)CN(C)C(=O)c1ccc2n[nH]nc2c1. The second-order valence-electron chi connectivity index (χ2n) is 4.06.